The molecule has 1 aliphatic heterocycles. The zero-order valence-electron chi connectivity index (χ0n) is 6.75. The third-order valence-corrected chi connectivity index (χ3v) is 1.66. The van der Waals surface area contributed by atoms with Gasteiger partial charge in [-0.1, -0.05) is 6.92 Å². The molecule has 4 nitrogen and oxygen atoms in total. The van der Waals surface area contributed by atoms with E-state index in [0.29, 0.717) is 6.61 Å². The minimum atomic E-state index is 0.180. The van der Waals surface area contributed by atoms with Gasteiger partial charge in [-0.05, 0) is 6.42 Å². The highest BCUT2D eigenvalue weighted by Crippen LogP contribution is 2.04. The lowest BCUT2D eigenvalue weighted by Crippen LogP contribution is -2.33. The van der Waals surface area contributed by atoms with Crippen molar-refractivity contribution in [1.82, 2.24) is 10.4 Å². The summed E-state index contributed by atoms with van der Waals surface area (Å²) in [6, 6.07) is 0.180. The van der Waals surface area contributed by atoms with Gasteiger partial charge in [0.15, 0.2) is 0 Å². The average Bonchev–Trinajstić information content (AvgIpc) is 2.38. The van der Waals surface area contributed by atoms with E-state index in [4.69, 9.17) is 4.84 Å². The third kappa shape index (κ3) is 2.48. The number of carbonyl (C=O) groups is 1. The maximum atomic E-state index is 10.0. The predicted octanol–water partition coefficient (Wildman–Crippen LogP) is -0.242. The zero-order chi connectivity index (χ0) is 8.10. The first-order valence-corrected chi connectivity index (χ1v) is 3.94. The van der Waals surface area contributed by atoms with Crippen molar-refractivity contribution in [3.63, 3.8) is 0 Å². The van der Waals surface area contributed by atoms with Crippen LogP contribution in [0.1, 0.15) is 13.3 Å². The average molecular weight is 158 g/mol. The first-order chi connectivity index (χ1) is 5.36. The molecule has 1 atom stereocenters. The molecule has 0 aliphatic carbocycles. The molecule has 0 spiro atoms. The van der Waals surface area contributed by atoms with Crippen LogP contribution in [0.2, 0.25) is 0 Å². The molecule has 1 fully saturated rings. The number of nitrogens with zero attached hydrogens (tertiary/aromatic N) is 1. The van der Waals surface area contributed by atoms with E-state index in [2.05, 4.69) is 12.2 Å². The molecule has 4 heteroatoms. The molecule has 1 aliphatic rings. The van der Waals surface area contributed by atoms with Gasteiger partial charge in [0.1, 0.15) is 0 Å². The molecule has 1 rings (SSSR count). The van der Waals surface area contributed by atoms with Crippen molar-refractivity contribution in [3.05, 3.63) is 0 Å². The van der Waals surface area contributed by atoms with Gasteiger partial charge < -0.3 is 5.32 Å². The van der Waals surface area contributed by atoms with Crippen molar-refractivity contribution in [2.45, 2.75) is 19.4 Å². The molecule has 1 N–H and O–H groups in total. The quantitative estimate of drug-likeness (QED) is 0.574. The van der Waals surface area contributed by atoms with Crippen LogP contribution in [0.25, 0.3) is 0 Å². The molecule has 0 aromatic carbocycles. The van der Waals surface area contributed by atoms with E-state index in [1.54, 1.807) is 0 Å². The number of carbonyl (C=O) groups excluding carboxylic acids is 1. The number of amides is 1. The molecule has 0 radical (unpaired) electrons. The van der Waals surface area contributed by atoms with Gasteiger partial charge >= 0.3 is 0 Å². The molecule has 64 valence electrons. The molecular weight excluding hydrogens is 144 g/mol. The molecule has 0 unspecified atom stereocenters. The Bertz CT molecular complexity index is 130. The van der Waals surface area contributed by atoms with E-state index < -0.39 is 0 Å². The lowest BCUT2D eigenvalue weighted by molar-refractivity contribution is -0.111. The van der Waals surface area contributed by atoms with Gasteiger partial charge in [-0.15, -0.1) is 0 Å². The smallest absolute Gasteiger partial charge is 0.207 e. The summed E-state index contributed by atoms with van der Waals surface area (Å²) in [5.74, 6) is 0. The lowest BCUT2D eigenvalue weighted by atomic mass is 10.3. The van der Waals surface area contributed by atoms with Crippen LogP contribution in [0.4, 0.5) is 0 Å². The largest absolute Gasteiger partial charge is 0.352 e. The maximum absolute atomic E-state index is 10.0. The van der Waals surface area contributed by atoms with Crippen molar-refractivity contribution in [2.75, 3.05) is 19.7 Å². The molecule has 0 aromatic heterocycles. The molecule has 0 aromatic rings. The fourth-order valence-corrected chi connectivity index (χ4v) is 1.15. The van der Waals surface area contributed by atoms with Crippen LogP contribution in [0, 0.1) is 0 Å². The number of hydrogen-bond donors (Lipinski definition) is 1. The third-order valence-electron chi connectivity index (χ3n) is 1.66. The minimum Gasteiger partial charge on any atom is -0.352 e. The number of rotatable bonds is 4. The topological polar surface area (TPSA) is 41.6 Å². The van der Waals surface area contributed by atoms with Crippen LogP contribution in [0.5, 0.6) is 0 Å². The van der Waals surface area contributed by atoms with Gasteiger partial charge in [0.05, 0.1) is 12.6 Å². The summed E-state index contributed by atoms with van der Waals surface area (Å²) in [6.07, 6.45) is 1.80. The van der Waals surface area contributed by atoms with Crippen LogP contribution in [-0.2, 0) is 9.63 Å². The highest BCUT2D eigenvalue weighted by molar-refractivity contribution is 5.46. The van der Waals surface area contributed by atoms with E-state index in [9.17, 15) is 4.79 Å². The van der Waals surface area contributed by atoms with Crippen molar-refractivity contribution in [3.8, 4) is 0 Å². The van der Waals surface area contributed by atoms with Gasteiger partial charge in [0.2, 0.25) is 6.41 Å². The lowest BCUT2D eigenvalue weighted by Gasteiger charge is -2.11. The number of hydrogen-bond acceptors (Lipinski definition) is 3. The highest BCUT2D eigenvalue weighted by atomic mass is 16.7. The summed E-state index contributed by atoms with van der Waals surface area (Å²) in [5, 5.41) is 4.58. The van der Waals surface area contributed by atoms with Crippen LogP contribution in [-0.4, -0.2) is 37.2 Å². The first-order valence-electron chi connectivity index (χ1n) is 3.94. The van der Waals surface area contributed by atoms with E-state index >= 15 is 0 Å². The Hall–Kier alpha value is -0.610. The summed E-state index contributed by atoms with van der Waals surface area (Å²) in [4.78, 5) is 15.3. The fourth-order valence-electron chi connectivity index (χ4n) is 1.15. The van der Waals surface area contributed by atoms with Crippen LogP contribution in [0.3, 0.4) is 0 Å². The summed E-state index contributed by atoms with van der Waals surface area (Å²) in [5.41, 5.74) is 0. The van der Waals surface area contributed by atoms with Gasteiger partial charge in [0, 0.05) is 13.1 Å². The second kappa shape index (κ2) is 4.31. The van der Waals surface area contributed by atoms with E-state index in [1.807, 2.05) is 5.06 Å². The Kier molecular flexibility index (Phi) is 3.32. The van der Waals surface area contributed by atoms with Crippen LogP contribution in [0.15, 0.2) is 0 Å². The maximum Gasteiger partial charge on any atom is 0.207 e. The molecular formula is C7H14N2O2. The van der Waals surface area contributed by atoms with E-state index in [1.165, 1.54) is 0 Å². The van der Waals surface area contributed by atoms with Crippen LogP contribution < -0.4 is 5.32 Å². The van der Waals surface area contributed by atoms with Gasteiger partial charge in [0.25, 0.3) is 0 Å². The van der Waals surface area contributed by atoms with Gasteiger partial charge in [-0.25, -0.2) is 0 Å². The number of hydroxylamine groups is 2. The zero-order valence-corrected chi connectivity index (χ0v) is 6.75. The second-order valence-electron chi connectivity index (χ2n) is 2.67. The van der Waals surface area contributed by atoms with E-state index in [0.717, 1.165) is 25.9 Å². The van der Waals surface area contributed by atoms with Crippen molar-refractivity contribution < 1.29 is 9.63 Å². The normalized spacial score (nSPS) is 25.4. The SMILES string of the molecule is CCCN1C[C@@H](NC=O)CO1. The van der Waals surface area contributed by atoms with Gasteiger partial charge in [-0.3, -0.25) is 9.63 Å². The summed E-state index contributed by atoms with van der Waals surface area (Å²) < 4.78 is 0. The molecule has 1 heterocycles. The van der Waals surface area contributed by atoms with Crippen molar-refractivity contribution in [1.29, 1.82) is 0 Å². The van der Waals surface area contributed by atoms with E-state index in [-0.39, 0.29) is 6.04 Å². The molecule has 1 saturated heterocycles. The standard InChI is InChI=1S/C7H14N2O2/c1-2-3-9-4-7(5-11-9)8-6-10/h6-7H,2-5H2,1H3,(H,8,10)/t7-/m1/s1. The molecule has 1 amide bonds. The molecule has 0 saturated carbocycles. The Morgan fingerprint density at radius 3 is 3.27 bits per heavy atom. The second-order valence-corrected chi connectivity index (χ2v) is 2.67. The minimum absolute atomic E-state index is 0.180. The van der Waals surface area contributed by atoms with Crippen molar-refractivity contribution in [2.24, 2.45) is 0 Å². The Morgan fingerprint density at radius 2 is 2.64 bits per heavy atom. The van der Waals surface area contributed by atoms with Crippen LogP contribution >= 0.6 is 0 Å². The number of nitrogens with one attached hydrogen (secondary N) is 1. The predicted molar refractivity (Wildman–Crippen MR) is 40.8 cm³/mol. The Labute approximate surface area is 66.5 Å². The van der Waals surface area contributed by atoms with Gasteiger partial charge in [-0.2, -0.15) is 5.06 Å². The monoisotopic (exact) mass is 158 g/mol. The van der Waals surface area contributed by atoms with Crippen molar-refractivity contribution >= 4 is 6.41 Å². The Balaban J connectivity index is 2.17. The highest BCUT2D eigenvalue weighted by Gasteiger charge is 2.21. The summed E-state index contributed by atoms with van der Waals surface area (Å²) in [6.45, 7) is 4.46. The summed E-state index contributed by atoms with van der Waals surface area (Å²) >= 11 is 0. The fraction of sp³-hybridized carbons (Fsp3) is 0.857. The summed E-state index contributed by atoms with van der Waals surface area (Å²) in [7, 11) is 0. The molecule has 0 bridgehead atoms. The Morgan fingerprint density at radius 1 is 1.82 bits per heavy atom. The first kappa shape index (κ1) is 8.49. The molecule has 11 heavy (non-hydrogen) atoms.